The summed E-state index contributed by atoms with van der Waals surface area (Å²) in [4.78, 5) is 6.96. The number of hydrogen-bond donors (Lipinski definition) is 0. The highest BCUT2D eigenvalue weighted by molar-refractivity contribution is 7.71. The van der Waals surface area contributed by atoms with E-state index < -0.39 is 0 Å². The molecule has 0 saturated heterocycles. The molecule has 5 rings (SSSR count). The fourth-order valence-electron chi connectivity index (χ4n) is 4.19. The molecule has 0 spiro atoms. The lowest BCUT2D eigenvalue weighted by Gasteiger charge is -2.28. The Kier molecular flexibility index (Phi) is 3.97. The molecular weight excluding hydrogens is 330 g/mol. The van der Waals surface area contributed by atoms with Crippen molar-refractivity contribution in [2.45, 2.75) is 76.2 Å². The third-order valence-corrected chi connectivity index (χ3v) is 6.22. The van der Waals surface area contributed by atoms with Gasteiger partial charge in [0.05, 0.1) is 6.67 Å². The molecule has 0 radical (unpaired) electrons. The first-order chi connectivity index (χ1) is 12.3. The summed E-state index contributed by atoms with van der Waals surface area (Å²) in [5.74, 6) is 0.989. The largest absolute Gasteiger partial charge is 0.297 e. The van der Waals surface area contributed by atoms with Gasteiger partial charge in [0.25, 0.3) is 0 Å². The fourth-order valence-corrected chi connectivity index (χ4v) is 4.53. The summed E-state index contributed by atoms with van der Waals surface area (Å²) in [5, 5.41) is 4.96. The number of rotatable bonds is 6. The highest BCUT2D eigenvalue weighted by atomic mass is 32.1. The van der Waals surface area contributed by atoms with Crippen LogP contribution in [0.4, 0.5) is 0 Å². The van der Waals surface area contributed by atoms with Crippen LogP contribution in [0.1, 0.15) is 57.4 Å². The predicted octanol–water partition coefficient (Wildman–Crippen LogP) is 4.18. The number of aromatic nitrogens is 4. The third-order valence-electron chi connectivity index (χ3n) is 5.81. The molecular formula is C19H25N5S. The quantitative estimate of drug-likeness (QED) is 0.729. The second-order valence-electron chi connectivity index (χ2n) is 7.77. The van der Waals surface area contributed by atoms with Crippen molar-refractivity contribution in [2.24, 2.45) is 0 Å². The van der Waals surface area contributed by atoms with Gasteiger partial charge in [0.2, 0.25) is 0 Å². The molecule has 3 saturated carbocycles. The highest BCUT2D eigenvalue weighted by Gasteiger charge is 2.36. The van der Waals surface area contributed by atoms with Crippen molar-refractivity contribution in [1.82, 2.24) is 24.2 Å². The number of pyridine rings is 1. The standard InChI is InChI=1S/C19H25N5S/c25-19-23(13-22(16-7-8-16)15-5-1-2-6-15)21-18(24(19)17-9-10-17)14-4-3-11-20-12-14/h3-4,11-12,15-17H,1-2,5-10,13H2. The zero-order valence-electron chi connectivity index (χ0n) is 14.5. The van der Waals surface area contributed by atoms with Gasteiger partial charge in [0.15, 0.2) is 10.6 Å². The van der Waals surface area contributed by atoms with Gasteiger partial charge in [-0.15, -0.1) is 0 Å². The summed E-state index contributed by atoms with van der Waals surface area (Å²) in [6.45, 7) is 0.848. The summed E-state index contributed by atoms with van der Waals surface area (Å²) in [5.41, 5.74) is 1.07. The van der Waals surface area contributed by atoms with E-state index in [-0.39, 0.29) is 0 Å². The second kappa shape index (κ2) is 6.32. The van der Waals surface area contributed by atoms with Gasteiger partial charge in [0, 0.05) is 36.1 Å². The topological polar surface area (TPSA) is 38.9 Å². The predicted molar refractivity (Wildman–Crippen MR) is 99.7 cm³/mol. The minimum absolute atomic E-state index is 0.525. The first-order valence-electron chi connectivity index (χ1n) is 9.67. The van der Waals surface area contributed by atoms with E-state index in [1.807, 2.05) is 18.5 Å². The maximum atomic E-state index is 5.85. The van der Waals surface area contributed by atoms with Crippen molar-refractivity contribution in [3.05, 3.63) is 29.3 Å². The second-order valence-corrected chi connectivity index (χ2v) is 8.14. The molecule has 5 nitrogen and oxygen atoms in total. The summed E-state index contributed by atoms with van der Waals surface area (Å²) in [6.07, 6.45) is 14.2. The molecule has 132 valence electrons. The van der Waals surface area contributed by atoms with E-state index in [1.54, 1.807) is 0 Å². The molecule has 0 aromatic carbocycles. The maximum absolute atomic E-state index is 5.85. The normalized spacial score (nSPS) is 21.3. The van der Waals surface area contributed by atoms with Crippen molar-refractivity contribution in [3.8, 4) is 11.4 Å². The Morgan fingerprint density at radius 1 is 1.08 bits per heavy atom. The molecule has 2 aromatic heterocycles. The Labute approximate surface area is 153 Å². The SMILES string of the molecule is S=c1n(CN(C2CCCC2)C2CC2)nc(-c2cccnc2)n1C1CC1. The molecule has 0 atom stereocenters. The number of nitrogens with zero attached hydrogens (tertiary/aromatic N) is 5. The maximum Gasteiger partial charge on any atom is 0.199 e. The molecule has 3 aliphatic rings. The first-order valence-corrected chi connectivity index (χ1v) is 10.1. The van der Waals surface area contributed by atoms with Gasteiger partial charge in [0.1, 0.15) is 0 Å². The smallest absolute Gasteiger partial charge is 0.199 e. The van der Waals surface area contributed by atoms with E-state index in [2.05, 4.69) is 25.2 Å². The zero-order chi connectivity index (χ0) is 16.8. The Morgan fingerprint density at radius 2 is 1.84 bits per heavy atom. The van der Waals surface area contributed by atoms with Crippen molar-refractivity contribution < 1.29 is 0 Å². The van der Waals surface area contributed by atoms with Crippen LogP contribution < -0.4 is 0 Å². The van der Waals surface area contributed by atoms with E-state index in [0.29, 0.717) is 6.04 Å². The van der Waals surface area contributed by atoms with Crippen LogP contribution >= 0.6 is 12.2 Å². The Balaban J connectivity index is 1.50. The van der Waals surface area contributed by atoms with Gasteiger partial charge in [-0.3, -0.25) is 14.5 Å². The van der Waals surface area contributed by atoms with Crippen molar-refractivity contribution in [2.75, 3.05) is 0 Å². The molecule has 3 fully saturated rings. The third kappa shape index (κ3) is 3.06. The molecule has 2 heterocycles. The van der Waals surface area contributed by atoms with E-state index in [9.17, 15) is 0 Å². The summed E-state index contributed by atoms with van der Waals surface area (Å²) in [7, 11) is 0. The van der Waals surface area contributed by atoms with E-state index in [0.717, 1.165) is 34.9 Å². The fraction of sp³-hybridized carbons (Fsp3) is 0.632. The first kappa shape index (κ1) is 15.7. The zero-order valence-corrected chi connectivity index (χ0v) is 15.4. The Bertz CT molecular complexity index is 797. The lowest BCUT2D eigenvalue weighted by Crippen LogP contribution is -2.37. The molecule has 0 unspecified atom stereocenters. The molecule has 0 amide bonds. The minimum atomic E-state index is 0.525. The molecule has 3 aliphatic carbocycles. The molecule has 0 N–H and O–H groups in total. The van der Waals surface area contributed by atoms with E-state index >= 15 is 0 Å². The average Bonchev–Trinajstić information content (AvgIpc) is 3.57. The van der Waals surface area contributed by atoms with Gasteiger partial charge in [-0.25, -0.2) is 4.68 Å². The Morgan fingerprint density at radius 3 is 2.48 bits per heavy atom. The van der Waals surface area contributed by atoms with Crippen LogP contribution in [0, 0.1) is 4.77 Å². The van der Waals surface area contributed by atoms with Gasteiger partial charge >= 0.3 is 0 Å². The summed E-state index contributed by atoms with van der Waals surface area (Å²) in [6, 6.07) is 6.06. The van der Waals surface area contributed by atoms with Crippen LogP contribution in [0.5, 0.6) is 0 Å². The number of hydrogen-bond acceptors (Lipinski definition) is 4. The van der Waals surface area contributed by atoms with Gasteiger partial charge in [-0.2, -0.15) is 5.10 Å². The lowest BCUT2D eigenvalue weighted by molar-refractivity contribution is 0.134. The average molecular weight is 356 g/mol. The monoisotopic (exact) mass is 355 g/mol. The molecule has 0 bridgehead atoms. The molecule has 0 aliphatic heterocycles. The highest BCUT2D eigenvalue weighted by Crippen LogP contribution is 2.39. The van der Waals surface area contributed by atoms with Crippen LogP contribution in [0.15, 0.2) is 24.5 Å². The van der Waals surface area contributed by atoms with Crippen LogP contribution in [-0.2, 0) is 6.67 Å². The summed E-state index contributed by atoms with van der Waals surface area (Å²) >= 11 is 5.85. The van der Waals surface area contributed by atoms with Crippen LogP contribution in [0.25, 0.3) is 11.4 Å². The molecule has 25 heavy (non-hydrogen) atoms. The molecule has 2 aromatic rings. The summed E-state index contributed by atoms with van der Waals surface area (Å²) < 4.78 is 5.23. The van der Waals surface area contributed by atoms with E-state index in [1.165, 1.54) is 51.4 Å². The molecule has 6 heteroatoms. The Hall–Kier alpha value is -1.53. The van der Waals surface area contributed by atoms with Gasteiger partial charge in [-0.1, -0.05) is 12.8 Å². The van der Waals surface area contributed by atoms with Crippen LogP contribution in [0.2, 0.25) is 0 Å². The van der Waals surface area contributed by atoms with Crippen LogP contribution in [-0.4, -0.2) is 36.3 Å². The van der Waals surface area contributed by atoms with Gasteiger partial charge in [-0.05, 0) is 62.9 Å². The van der Waals surface area contributed by atoms with Crippen molar-refractivity contribution >= 4 is 12.2 Å². The van der Waals surface area contributed by atoms with Crippen LogP contribution in [0.3, 0.4) is 0 Å². The van der Waals surface area contributed by atoms with Crippen molar-refractivity contribution in [3.63, 3.8) is 0 Å². The van der Waals surface area contributed by atoms with E-state index in [4.69, 9.17) is 17.3 Å². The minimum Gasteiger partial charge on any atom is -0.297 e. The van der Waals surface area contributed by atoms with Crippen molar-refractivity contribution in [1.29, 1.82) is 0 Å². The lowest BCUT2D eigenvalue weighted by atomic mass is 10.2. The van der Waals surface area contributed by atoms with Gasteiger partial charge < -0.3 is 0 Å².